The maximum Gasteiger partial charge on any atom is 0.120 e. The highest BCUT2D eigenvalue weighted by molar-refractivity contribution is 5.03. The van der Waals surface area contributed by atoms with E-state index < -0.39 is 0 Å². The van der Waals surface area contributed by atoms with Gasteiger partial charge in [0.2, 0.25) is 0 Å². The highest BCUT2D eigenvalue weighted by Gasteiger charge is 2.26. The number of hydrogen-bond donors (Lipinski definition) is 2. The first-order chi connectivity index (χ1) is 8.17. The maximum atomic E-state index is 9.17. The first-order valence-corrected chi connectivity index (χ1v) is 6.55. The van der Waals surface area contributed by atoms with Gasteiger partial charge in [-0.25, -0.2) is 0 Å². The zero-order valence-corrected chi connectivity index (χ0v) is 11.2. The molecule has 3 nitrogen and oxygen atoms in total. The second kappa shape index (κ2) is 6.82. The van der Waals surface area contributed by atoms with Crippen LogP contribution in [-0.4, -0.2) is 18.3 Å². The van der Waals surface area contributed by atoms with E-state index in [-0.39, 0.29) is 18.1 Å². The summed E-state index contributed by atoms with van der Waals surface area (Å²) >= 11 is 0. The molecule has 0 amide bonds. The monoisotopic (exact) mass is 239 g/mol. The van der Waals surface area contributed by atoms with Crippen LogP contribution in [0.4, 0.5) is 0 Å². The molecule has 1 aromatic heterocycles. The number of nitrogens with one attached hydrogen (secondary N) is 1. The highest BCUT2D eigenvalue weighted by Crippen LogP contribution is 2.30. The van der Waals surface area contributed by atoms with Crippen LogP contribution < -0.4 is 5.32 Å². The first kappa shape index (κ1) is 14.3. The summed E-state index contributed by atoms with van der Waals surface area (Å²) in [7, 11) is 0. The van der Waals surface area contributed by atoms with E-state index >= 15 is 0 Å². The van der Waals surface area contributed by atoms with E-state index in [1.165, 1.54) is 0 Å². The minimum atomic E-state index is 0.204. The topological polar surface area (TPSA) is 45.4 Å². The largest absolute Gasteiger partial charge is 0.468 e. The lowest BCUT2D eigenvalue weighted by Gasteiger charge is -2.32. The molecule has 0 bridgehead atoms. The summed E-state index contributed by atoms with van der Waals surface area (Å²) in [6.45, 7) is 7.67. The Hall–Kier alpha value is -0.800. The van der Waals surface area contributed by atoms with Crippen LogP contribution in [0.15, 0.2) is 22.8 Å². The number of aliphatic hydroxyl groups is 1. The molecule has 0 aliphatic heterocycles. The van der Waals surface area contributed by atoms with Crippen LogP contribution in [0.2, 0.25) is 0 Å². The van der Waals surface area contributed by atoms with E-state index in [2.05, 4.69) is 26.1 Å². The van der Waals surface area contributed by atoms with Crippen LogP contribution in [0.5, 0.6) is 0 Å². The lowest BCUT2D eigenvalue weighted by Crippen LogP contribution is -2.35. The van der Waals surface area contributed by atoms with Gasteiger partial charge in [-0.2, -0.15) is 0 Å². The molecule has 2 N–H and O–H groups in total. The Morgan fingerprint density at radius 3 is 2.59 bits per heavy atom. The number of furan rings is 1. The van der Waals surface area contributed by atoms with Gasteiger partial charge < -0.3 is 14.8 Å². The predicted molar refractivity (Wildman–Crippen MR) is 69.8 cm³/mol. The molecule has 17 heavy (non-hydrogen) atoms. The summed E-state index contributed by atoms with van der Waals surface area (Å²) in [5.74, 6) is 0.968. The average Bonchev–Trinajstić information content (AvgIpc) is 2.88. The van der Waals surface area contributed by atoms with Crippen molar-refractivity contribution < 1.29 is 9.52 Å². The SMILES string of the molecule is CCC(CC)(CCO)CNC(C)c1ccco1. The molecule has 1 rings (SSSR count). The Morgan fingerprint density at radius 1 is 1.41 bits per heavy atom. The van der Waals surface area contributed by atoms with Gasteiger partial charge in [0.15, 0.2) is 0 Å². The van der Waals surface area contributed by atoms with Crippen LogP contribution in [0.25, 0.3) is 0 Å². The fourth-order valence-electron chi connectivity index (χ4n) is 2.19. The van der Waals surface area contributed by atoms with Gasteiger partial charge in [-0.15, -0.1) is 0 Å². The van der Waals surface area contributed by atoms with Gasteiger partial charge >= 0.3 is 0 Å². The van der Waals surface area contributed by atoms with Crippen molar-refractivity contribution in [2.75, 3.05) is 13.2 Å². The Kier molecular flexibility index (Phi) is 5.72. The minimum Gasteiger partial charge on any atom is -0.468 e. The third-order valence-corrected chi connectivity index (χ3v) is 3.90. The van der Waals surface area contributed by atoms with Crippen LogP contribution in [0.3, 0.4) is 0 Å². The maximum absolute atomic E-state index is 9.17. The molecule has 3 heteroatoms. The first-order valence-electron chi connectivity index (χ1n) is 6.55. The van der Waals surface area contributed by atoms with E-state index in [0.29, 0.717) is 0 Å². The van der Waals surface area contributed by atoms with Gasteiger partial charge in [0.1, 0.15) is 5.76 Å². The van der Waals surface area contributed by atoms with E-state index in [0.717, 1.165) is 31.6 Å². The summed E-state index contributed by atoms with van der Waals surface area (Å²) < 4.78 is 5.38. The van der Waals surface area contributed by atoms with Crippen molar-refractivity contribution in [2.45, 2.75) is 46.1 Å². The second-order valence-corrected chi connectivity index (χ2v) is 4.80. The quantitative estimate of drug-likeness (QED) is 0.732. The van der Waals surface area contributed by atoms with Gasteiger partial charge in [-0.05, 0) is 43.7 Å². The molecule has 0 fully saturated rings. The highest BCUT2D eigenvalue weighted by atomic mass is 16.3. The van der Waals surface area contributed by atoms with Crippen LogP contribution >= 0.6 is 0 Å². The molecule has 98 valence electrons. The van der Waals surface area contributed by atoms with Crippen molar-refractivity contribution in [3.63, 3.8) is 0 Å². The van der Waals surface area contributed by atoms with Gasteiger partial charge in [-0.3, -0.25) is 0 Å². The molecule has 0 aliphatic carbocycles. The molecule has 0 saturated heterocycles. The summed E-state index contributed by atoms with van der Waals surface area (Å²) in [5.41, 5.74) is 0.204. The summed E-state index contributed by atoms with van der Waals surface area (Å²) in [5, 5.41) is 12.7. The van der Waals surface area contributed by atoms with Crippen molar-refractivity contribution >= 4 is 0 Å². The molecule has 1 atom stereocenters. The van der Waals surface area contributed by atoms with E-state index in [1.807, 2.05) is 12.1 Å². The summed E-state index contributed by atoms with van der Waals surface area (Å²) in [6, 6.07) is 4.12. The zero-order chi connectivity index (χ0) is 12.7. The van der Waals surface area contributed by atoms with Crippen molar-refractivity contribution in [3.8, 4) is 0 Å². The summed E-state index contributed by atoms with van der Waals surface area (Å²) in [6.07, 6.45) is 4.73. The molecule has 0 spiro atoms. The Morgan fingerprint density at radius 2 is 2.12 bits per heavy atom. The standard InChI is InChI=1S/C14H25NO2/c1-4-14(5-2,8-9-16)11-15-12(3)13-7-6-10-17-13/h6-7,10,12,15-16H,4-5,8-9,11H2,1-3H3. The average molecular weight is 239 g/mol. The molecule has 1 aromatic rings. The summed E-state index contributed by atoms with van der Waals surface area (Å²) in [4.78, 5) is 0. The Bertz CT molecular complexity index is 291. The third-order valence-electron chi connectivity index (χ3n) is 3.90. The van der Waals surface area contributed by atoms with E-state index in [9.17, 15) is 0 Å². The van der Waals surface area contributed by atoms with Gasteiger partial charge in [0, 0.05) is 13.2 Å². The van der Waals surface area contributed by atoms with Gasteiger partial charge in [0.25, 0.3) is 0 Å². The van der Waals surface area contributed by atoms with E-state index in [1.54, 1.807) is 6.26 Å². The minimum absolute atomic E-state index is 0.204. The number of rotatable bonds is 8. The molecule has 0 aliphatic rings. The van der Waals surface area contributed by atoms with E-state index in [4.69, 9.17) is 9.52 Å². The lowest BCUT2D eigenvalue weighted by atomic mass is 9.79. The fourth-order valence-corrected chi connectivity index (χ4v) is 2.19. The predicted octanol–water partition coefficient (Wildman–Crippen LogP) is 3.12. The molecular weight excluding hydrogens is 214 g/mol. The second-order valence-electron chi connectivity index (χ2n) is 4.80. The zero-order valence-electron chi connectivity index (χ0n) is 11.2. The van der Waals surface area contributed by atoms with Crippen LogP contribution in [0, 0.1) is 5.41 Å². The number of aliphatic hydroxyl groups excluding tert-OH is 1. The smallest absolute Gasteiger partial charge is 0.120 e. The molecule has 0 saturated carbocycles. The van der Waals surface area contributed by atoms with Crippen molar-refractivity contribution in [3.05, 3.63) is 24.2 Å². The third kappa shape index (κ3) is 3.86. The normalized spacial score (nSPS) is 13.9. The van der Waals surface area contributed by atoms with Crippen molar-refractivity contribution in [2.24, 2.45) is 5.41 Å². The van der Waals surface area contributed by atoms with Gasteiger partial charge in [-0.1, -0.05) is 13.8 Å². The molecule has 1 unspecified atom stereocenters. The molecule has 1 heterocycles. The lowest BCUT2D eigenvalue weighted by molar-refractivity contribution is 0.158. The van der Waals surface area contributed by atoms with Gasteiger partial charge in [0.05, 0.1) is 12.3 Å². The molecule has 0 aromatic carbocycles. The Labute approximate surface area is 104 Å². The Balaban J connectivity index is 2.51. The van der Waals surface area contributed by atoms with Crippen LogP contribution in [-0.2, 0) is 0 Å². The van der Waals surface area contributed by atoms with Crippen molar-refractivity contribution in [1.29, 1.82) is 0 Å². The van der Waals surface area contributed by atoms with Crippen LogP contribution in [0.1, 0.15) is 51.8 Å². The molecule has 0 radical (unpaired) electrons. The fraction of sp³-hybridized carbons (Fsp3) is 0.714. The van der Waals surface area contributed by atoms with Crippen molar-refractivity contribution in [1.82, 2.24) is 5.32 Å². The number of hydrogen-bond acceptors (Lipinski definition) is 3. The molecular formula is C14H25NO2.